The summed E-state index contributed by atoms with van der Waals surface area (Å²) in [6, 6.07) is 0. The van der Waals surface area contributed by atoms with Gasteiger partial charge in [-0.2, -0.15) is 0 Å². The first kappa shape index (κ1) is 42.8. The van der Waals surface area contributed by atoms with Gasteiger partial charge in [0.1, 0.15) is 12.7 Å². The van der Waals surface area contributed by atoms with Crippen LogP contribution >= 0.6 is 7.82 Å². The van der Waals surface area contributed by atoms with Crippen molar-refractivity contribution in [2.45, 2.75) is 168 Å². The van der Waals surface area contributed by atoms with E-state index in [2.05, 4.69) is 31.3 Å². The third kappa shape index (κ3) is 32.2. The molecule has 0 aromatic rings. The van der Waals surface area contributed by atoms with Crippen LogP contribution in [0.15, 0.2) is 12.2 Å². The highest BCUT2D eigenvalue weighted by Crippen LogP contribution is 2.42. The second-order valence-corrected chi connectivity index (χ2v) is 13.3. The molecule has 0 aromatic heterocycles. The van der Waals surface area contributed by atoms with Crippen molar-refractivity contribution >= 4 is 19.7 Å². The Morgan fingerprint density at radius 2 is 1.16 bits per heavy atom. The summed E-state index contributed by atoms with van der Waals surface area (Å²) in [5.41, 5.74) is 0. The molecule has 3 N–H and O–H groups in total. The van der Waals surface area contributed by atoms with Crippen LogP contribution in [-0.4, -0.2) is 54.3 Å². The molecular formula is C34H66NO8P. The van der Waals surface area contributed by atoms with Crippen molar-refractivity contribution in [1.82, 2.24) is 5.32 Å². The first-order chi connectivity index (χ1) is 21.3. The molecule has 0 fully saturated rings. The molecule has 1 amide bonds. The Morgan fingerprint density at radius 1 is 0.682 bits per heavy atom. The van der Waals surface area contributed by atoms with E-state index < -0.39 is 26.5 Å². The van der Waals surface area contributed by atoms with E-state index in [1.54, 1.807) is 0 Å². The van der Waals surface area contributed by atoms with Crippen molar-refractivity contribution in [3.8, 4) is 0 Å². The molecule has 0 spiro atoms. The molecule has 260 valence electrons. The van der Waals surface area contributed by atoms with Crippen LogP contribution in [0.3, 0.4) is 0 Å². The fourth-order valence-corrected chi connectivity index (χ4v) is 5.48. The van der Waals surface area contributed by atoms with Crippen LogP contribution in [0.4, 0.5) is 0 Å². The van der Waals surface area contributed by atoms with Gasteiger partial charge in [-0.05, 0) is 38.5 Å². The number of rotatable bonds is 33. The molecule has 0 aliphatic rings. The number of hydrogen-bond donors (Lipinski definition) is 3. The fourth-order valence-electron chi connectivity index (χ4n) is 4.73. The van der Waals surface area contributed by atoms with E-state index in [9.17, 15) is 24.2 Å². The number of ether oxygens (including phenoxy) is 1. The van der Waals surface area contributed by atoms with Crippen LogP contribution < -0.4 is 5.32 Å². The van der Waals surface area contributed by atoms with Gasteiger partial charge < -0.3 is 20.1 Å². The Balaban J connectivity index is 3.64. The zero-order chi connectivity index (χ0) is 32.6. The van der Waals surface area contributed by atoms with Crippen molar-refractivity contribution in [2.24, 2.45) is 0 Å². The van der Waals surface area contributed by atoms with Crippen LogP contribution in [0.2, 0.25) is 0 Å². The monoisotopic (exact) mass is 647 g/mol. The number of carbonyl (C=O) groups excluding carboxylic acids is 2. The van der Waals surface area contributed by atoms with E-state index in [1.165, 1.54) is 89.9 Å². The maximum Gasteiger partial charge on any atom is 0.472 e. The van der Waals surface area contributed by atoms with Crippen LogP contribution in [0.25, 0.3) is 0 Å². The summed E-state index contributed by atoms with van der Waals surface area (Å²) < 4.78 is 26.6. The SMILES string of the molecule is CCCCCCC/C=C\CCCCCCCC(=O)NCCOP(=O)(O)OCC(O)COC(=O)CCCCCCCCCCC. The van der Waals surface area contributed by atoms with Crippen LogP contribution in [-0.2, 0) is 27.9 Å². The molecule has 10 heteroatoms. The highest BCUT2D eigenvalue weighted by atomic mass is 31.2. The average molecular weight is 648 g/mol. The Kier molecular flexibility index (Phi) is 30.8. The molecule has 0 radical (unpaired) electrons. The number of hydrogen-bond acceptors (Lipinski definition) is 7. The van der Waals surface area contributed by atoms with Gasteiger partial charge in [0, 0.05) is 19.4 Å². The summed E-state index contributed by atoms with van der Waals surface area (Å²) in [5, 5.41) is 12.6. The minimum atomic E-state index is -4.40. The summed E-state index contributed by atoms with van der Waals surface area (Å²) in [6.07, 6.45) is 28.6. The standard InChI is InChI=1S/C34H66NO8P/c1-3-5-7-9-11-13-14-15-16-17-19-20-22-24-26-33(37)35-28-29-42-44(39,40)43-31-32(36)30-41-34(38)27-25-23-21-18-12-10-8-6-4-2/h14-15,32,36H,3-13,16-31H2,1-2H3,(H,35,37)(H,39,40)/b15-14-. The normalized spacial score (nSPS) is 13.6. The molecule has 2 unspecified atom stereocenters. The van der Waals surface area contributed by atoms with E-state index in [0.29, 0.717) is 6.42 Å². The van der Waals surface area contributed by atoms with Gasteiger partial charge >= 0.3 is 13.8 Å². The van der Waals surface area contributed by atoms with Gasteiger partial charge in [0.15, 0.2) is 0 Å². The second kappa shape index (κ2) is 31.7. The Labute approximate surface area is 268 Å². The summed E-state index contributed by atoms with van der Waals surface area (Å²) in [5.74, 6) is -0.526. The highest BCUT2D eigenvalue weighted by Gasteiger charge is 2.23. The number of esters is 1. The van der Waals surface area contributed by atoms with Crippen LogP contribution in [0.1, 0.15) is 162 Å². The van der Waals surface area contributed by atoms with E-state index in [4.69, 9.17) is 13.8 Å². The number of unbranched alkanes of at least 4 members (excludes halogenated alkanes) is 18. The quantitative estimate of drug-likeness (QED) is 0.0279. The molecule has 44 heavy (non-hydrogen) atoms. The summed E-state index contributed by atoms with van der Waals surface area (Å²) in [4.78, 5) is 33.6. The number of phosphoric ester groups is 1. The number of aliphatic hydroxyl groups is 1. The maximum atomic E-state index is 12.0. The number of nitrogens with one attached hydrogen (secondary N) is 1. The van der Waals surface area contributed by atoms with E-state index in [0.717, 1.165) is 44.9 Å². The zero-order valence-electron chi connectivity index (χ0n) is 28.1. The number of phosphoric acid groups is 1. The van der Waals surface area contributed by atoms with Gasteiger partial charge in [-0.3, -0.25) is 18.6 Å². The predicted octanol–water partition coefficient (Wildman–Crippen LogP) is 8.71. The smallest absolute Gasteiger partial charge is 0.463 e. The molecule has 0 aliphatic carbocycles. The second-order valence-electron chi connectivity index (χ2n) is 11.8. The van der Waals surface area contributed by atoms with Crippen molar-refractivity contribution in [2.75, 3.05) is 26.4 Å². The molecule has 0 aliphatic heterocycles. The number of allylic oxidation sites excluding steroid dienone is 2. The van der Waals surface area contributed by atoms with Crippen molar-refractivity contribution in [3.63, 3.8) is 0 Å². The largest absolute Gasteiger partial charge is 0.472 e. The molecule has 9 nitrogen and oxygen atoms in total. The van der Waals surface area contributed by atoms with E-state index >= 15 is 0 Å². The fraction of sp³-hybridized carbons (Fsp3) is 0.882. The molecular weight excluding hydrogens is 581 g/mol. The van der Waals surface area contributed by atoms with Crippen LogP contribution in [0.5, 0.6) is 0 Å². The van der Waals surface area contributed by atoms with Crippen molar-refractivity contribution in [1.29, 1.82) is 0 Å². The van der Waals surface area contributed by atoms with Gasteiger partial charge in [-0.25, -0.2) is 4.57 Å². The van der Waals surface area contributed by atoms with Crippen molar-refractivity contribution < 1.29 is 37.9 Å². The third-order valence-electron chi connectivity index (χ3n) is 7.45. The highest BCUT2D eigenvalue weighted by molar-refractivity contribution is 7.47. The van der Waals surface area contributed by atoms with E-state index in [-0.39, 0.29) is 32.1 Å². The molecule has 0 heterocycles. The summed E-state index contributed by atoms with van der Waals surface area (Å²) in [6.45, 7) is 3.49. The maximum absolute atomic E-state index is 12.0. The van der Waals surface area contributed by atoms with Crippen LogP contribution in [0, 0.1) is 0 Å². The van der Waals surface area contributed by atoms with E-state index in [1.807, 2.05) is 0 Å². The average Bonchev–Trinajstić information content (AvgIpc) is 3.00. The first-order valence-corrected chi connectivity index (χ1v) is 19.2. The van der Waals surface area contributed by atoms with Gasteiger partial charge in [0.2, 0.25) is 5.91 Å². The number of carbonyl (C=O) groups is 2. The molecule has 0 aromatic carbocycles. The molecule has 0 saturated heterocycles. The summed E-state index contributed by atoms with van der Waals surface area (Å²) >= 11 is 0. The Bertz CT molecular complexity index is 749. The lowest BCUT2D eigenvalue weighted by molar-refractivity contribution is -0.147. The lowest BCUT2D eigenvalue weighted by atomic mass is 10.1. The lowest BCUT2D eigenvalue weighted by Gasteiger charge is -2.15. The number of aliphatic hydroxyl groups excluding tert-OH is 1. The Hall–Kier alpha value is -1.25. The molecule has 0 rings (SSSR count). The predicted molar refractivity (Wildman–Crippen MR) is 178 cm³/mol. The van der Waals surface area contributed by atoms with Crippen molar-refractivity contribution in [3.05, 3.63) is 12.2 Å². The van der Waals surface area contributed by atoms with Gasteiger partial charge in [0.25, 0.3) is 0 Å². The third-order valence-corrected chi connectivity index (χ3v) is 8.43. The van der Waals surface area contributed by atoms with Gasteiger partial charge in [-0.1, -0.05) is 122 Å². The lowest BCUT2D eigenvalue weighted by Crippen LogP contribution is -2.27. The molecule has 0 saturated carbocycles. The molecule has 2 atom stereocenters. The molecule has 0 bridgehead atoms. The zero-order valence-corrected chi connectivity index (χ0v) is 29.0. The number of amides is 1. The minimum absolute atomic E-state index is 0.0801. The topological polar surface area (TPSA) is 131 Å². The van der Waals surface area contributed by atoms with Gasteiger partial charge in [-0.15, -0.1) is 0 Å². The Morgan fingerprint density at radius 3 is 1.70 bits per heavy atom. The first-order valence-electron chi connectivity index (χ1n) is 17.7. The summed E-state index contributed by atoms with van der Waals surface area (Å²) in [7, 11) is -4.40. The minimum Gasteiger partial charge on any atom is -0.463 e. The van der Waals surface area contributed by atoms with Gasteiger partial charge in [0.05, 0.1) is 13.2 Å².